The molecule has 0 saturated carbocycles. The van der Waals surface area contributed by atoms with Crippen LogP contribution in [0.3, 0.4) is 0 Å². The van der Waals surface area contributed by atoms with Crippen LogP contribution in [0.5, 0.6) is 0 Å². The Morgan fingerprint density at radius 2 is 2.43 bits per heavy atom. The lowest BCUT2D eigenvalue weighted by Crippen LogP contribution is -2.49. The molecule has 0 spiro atoms. The van der Waals surface area contributed by atoms with E-state index in [4.69, 9.17) is 4.74 Å². The highest BCUT2D eigenvalue weighted by atomic mass is 16.5. The molecule has 1 aliphatic heterocycles. The van der Waals surface area contributed by atoms with Gasteiger partial charge in [-0.15, -0.1) is 0 Å². The average molecular weight is 200 g/mol. The normalized spacial score (nSPS) is 24.3. The van der Waals surface area contributed by atoms with Crippen molar-refractivity contribution in [2.24, 2.45) is 0 Å². The van der Waals surface area contributed by atoms with Crippen LogP contribution in [0.2, 0.25) is 0 Å². The minimum Gasteiger partial charge on any atom is -0.383 e. The van der Waals surface area contributed by atoms with Gasteiger partial charge in [0.1, 0.15) is 0 Å². The summed E-state index contributed by atoms with van der Waals surface area (Å²) in [5.41, 5.74) is 0. The number of methoxy groups -OCH3 is 1. The van der Waals surface area contributed by atoms with Gasteiger partial charge in [0, 0.05) is 13.2 Å². The van der Waals surface area contributed by atoms with Crippen LogP contribution in [0.4, 0.5) is 0 Å². The van der Waals surface area contributed by atoms with Crippen molar-refractivity contribution in [2.45, 2.75) is 38.3 Å². The van der Waals surface area contributed by atoms with Crippen LogP contribution in [-0.2, 0) is 9.53 Å². The first-order valence-electron chi connectivity index (χ1n) is 5.26. The zero-order valence-corrected chi connectivity index (χ0v) is 9.01. The summed E-state index contributed by atoms with van der Waals surface area (Å²) in [5.74, 6) is 0.106. The van der Waals surface area contributed by atoms with Gasteiger partial charge in [-0.25, -0.2) is 0 Å². The van der Waals surface area contributed by atoms with Crippen molar-refractivity contribution in [3.8, 4) is 0 Å². The topological polar surface area (TPSA) is 50.4 Å². The quantitative estimate of drug-likeness (QED) is 0.685. The van der Waals surface area contributed by atoms with E-state index >= 15 is 0 Å². The Kier molecular flexibility index (Phi) is 4.90. The maximum absolute atomic E-state index is 11.7. The van der Waals surface area contributed by atoms with E-state index in [1.165, 1.54) is 6.42 Å². The molecule has 2 atom stereocenters. The number of hydrogen-bond donors (Lipinski definition) is 2. The van der Waals surface area contributed by atoms with Crippen LogP contribution in [0.15, 0.2) is 0 Å². The number of nitrogens with one attached hydrogen (secondary N) is 2. The first kappa shape index (κ1) is 11.5. The van der Waals surface area contributed by atoms with Crippen LogP contribution in [0, 0.1) is 0 Å². The SMILES string of the molecule is COCC(C)NC(=O)[C@H]1CCCCN1. The van der Waals surface area contributed by atoms with Gasteiger partial charge >= 0.3 is 0 Å². The van der Waals surface area contributed by atoms with Crippen LogP contribution in [-0.4, -0.2) is 38.3 Å². The highest BCUT2D eigenvalue weighted by Crippen LogP contribution is 2.06. The number of hydrogen-bond acceptors (Lipinski definition) is 3. The molecule has 0 aliphatic carbocycles. The van der Waals surface area contributed by atoms with Crippen molar-refractivity contribution >= 4 is 5.91 Å². The highest BCUT2D eigenvalue weighted by Gasteiger charge is 2.21. The van der Waals surface area contributed by atoms with Gasteiger partial charge in [0.05, 0.1) is 12.6 Å². The zero-order valence-electron chi connectivity index (χ0n) is 9.01. The Morgan fingerprint density at radius 3 is 3.00 bits per heavy atom. The minimum atomic E-state index is 0.00283. The van der Waals surface area contributed by atoms with Crippen LogP contribution >= 0.6 is 0 Å². The van der Waals surface area contributed by atoms with E-state index in [2.05, 4.69) is 10.6 Å². The molecule has 0 radical (unpaired) electrons. The largest absolute Gasteiger partial charge is 0.383 e. The number of ether oxygens (including phenoxy) is 1. The van der Waals surface area contributed by atoms with Crippen LogP contribution in [0.25, 0.3) is 0 Å². The summed E-state index contributed by atoms with van der Waals surface area (Å²) in [6.07, 6.45) is 3.27. The van der Waals surface area contributed by atoms with E-state index in [1.54, 1.807) is 7.11 Å². The summed E-state index contributed by atoms with van der Waals surface area (Å²) in [5, 5.41) is 6.14. The van der Waals surface area contributed by atoms with E-state index in [-0.39, 0.29) is 18.0 Å². The number of piperidine rings is 1. The first-order chi connectivity index (χ1) is 6.74. The molecule has 1 rings (SSSR count). The van der Waals surface area contributed by atoms with E-state index in [1.807, 2.05) is 6.92 Å². The number of carbonyl (C=O) groups excluding carboxylic acids is 1. The van der Waals surface area contributed by atoms with Crippen LogP contribution < -0.4 is 10.6 Å². The molecule has 1 heterocycles. The fourth-order valence-corrected chi connectivity index (χ4v) is 1.71. The van der Waals surface area contributed by atoms with Crippen molar-refractivity contribution in [1.82, 2.24) is 10.6 Å². The molecule has 1 fully saturated rings. The van der Waals surface area contributed by atoms with Gasteiger partial charge < -0.3 is 15.4 Å². The van der Waals surface area contributed by atoms with E-state index < -0.39 is 0 Å². The second-order valence-corrected chi connectivity index (χ2v) is 3.87. The molecule has 1 unspecified atom stereocenters. The van der Waals surface area contributed by atoms with Crippen LogP contribution in [0.1, 0.15) is 26.2 Å². The van der Waals surface area contributed by atoms with Crippen molar-refractivity contribution in [3.05, 3.63) is 0 Å². The van der Waals surface area contributed by atoms with Gasteiger partial charge in [-0.3, -0.25) is 4.79 Å². The van der Waals surface area contributed by atoms with Gasteiger partial charge in [0.15, 0.2) is 0 Å². The van der Waals surface area contributed by atoms with Crippen molar-refractivity contribution in [2.75, 3.05) is 20.3 Å². The van der Waals surface area contributed by atoms with E-state index in [9.17, 15) is 4.79 Å². The molecule has 1 aliphatic rings. The van der Waals surface area contributed by atoms with Gasteiger partial charge in [-0.05, 0) is 26.3 Å². The summed E-state index contributed by atoms with van der Waals surface area (Å²) in [4.78, 5) is 11.7. The second kappa shape index (κ2) is 5.98. The Labute approximate surface area is 85.4 Å². The Balaban J connectivity index is 2.25. The Morgan fingerprint density at radius 1 is 1.64 bits per heavy atom. The van der Waals surface area contributed by atoms with Gasteiger partial charge in [-0.1, -0.05) is 6.42 Å². The fraction of sp³-hybridized carbons (Fsp3) is 0.900. The summed E-state index contributed by atoms with van der Waals surface area (Å²) >= 11 is 0. The molecule has 14 heavy (non-hydrogen) atoms. The standard InChI is InChI=1S/C10H20N2O2/c1-8(7-14-2)12-10(13)9-5-3-4-6-11-9/h8-9,11H,3-7H2,1-2H3,(H,12,13)/t8?,9-/m1/s1. The van der Waals surface area contributed by atoms with Gasteiger partial charge in [0.25, 0.3) is 0 Å². The molecule has 2 N–H and O–H groups in total. The summed E-state index contributed by atoms with van der Waals surface area (Å²) in [7, 11) is 1.64. The molecule has 0 aromatic carbocycles. The third-order valence-electron chi connectivity index (χ3n) is 2.43. The lowest BCUT2D eigenvalue weighted by Gasteiger charge is -2.24. The molecule has 4 nitrogen and oxygen atoms in total. The lowest BCUT2D eigenvalue weighted by molar-refractivity contribution is -0.124. The summed E-state index contributed by atoms with van der Waals surface area (Å²) < 4.78 is 4.96. The molecular weight excluding hydrogens is 180 g/mol. The predicted molar refractivity (Wildman–Crippen MR) is 55.1 cm³/mol. The summed E-state index contributed by atoms with van der Waals surface area (Å²) in [6.45, 7) is 3.47. The minimum absolute atomic E-state index is 0.00283. The Hall–Kier alpha value is -0.610. The molecule has 1 saturated heterocycles. The lowest BCUT2D eigenvalue weighted by atomic mass is 10.0. The third kappa shape index (κ3) is 3.64. The van der Waals surface area contributed by atoms with Crippen molar-refractivity contribution in [3.63, 3.8) is 0 Å². The van der Waals surface area contributed by atoms with Crippen molar-refractivity contribution in [1.29, 1.82) is 0 Å². The zero-order chi connectivity index (χ0) is 10.4. The molecule has 0 aromatic rings. The number of carbonyl (C=O) groups is 1. The second-order valence-electron chi connectivity index (χ2n) is 3.87. The predicted octanol–water partition coefficient (Wildman–Crippen LogP) is 0.280. The molecule has 0 aromatic heterocycles. The summed E-state index contributed by atoms with van der Waals surface area (Å²) in [6, 6.07) is 0.0966. The average Bonchev–Trinajstić information content (AvgIpc) is 2.19. The molecule has 1 amide bonds. The monoisotopic (exact) mass is 200 g/mol. The fourth-order valence-electron chi connectivity index (χ4n) is 1.71. The van der Waals surface area contributed by atoms with E-state index in [0.29, 0.717) is 6.61 Å². The number of rotatable bonds is 4. The Bertz CT molecular complexity index is 179. The molecular formula is C10H20N2O2. The molecule has 82 valence electrons. The number of amides is 1. The van der Waals surface area contributed by atoms with Crippen molar-refractivity contribution < 1.29 is 9.53 Å². The smallest absolute Gasteiger partial charge is 0.237 e. The third-order valence-corrected chi connectivity index (χ3v) is 2.43. The van der Waals surface area contributed by atoms with Gasteiger partial charge in [-0.2, -0.15) is 0 Å². The maximum Gasteiger partial charge on any atom is 0.237 e. The van der Waals surface area contributed by atoms with E-state index in [0.717, 1.165) is 19.4 Å². The van der Waals surface area contributed by atoms with Gasteiger partial charge in [0.2, 0.25) is 5.91 Å². The molecule has 0 bridgehead atoms. The first-order valence-corrected chi connectivity index (χ1v) is 5.26. The molecule has 4 heteroatoms. The highest BCUT2D eigenvalue weighted by molar-refractivity contribution is 5.82. The maximum atomic E-state index is 11.7.